The highest BCUT2D eigenvalue weighted by Gasteiger charge is 2.43. The van der Waals surface area contributed by atoms with Crippen LogP contribution in [0.25, 0.3) is 0 Å². The number of esters is 1. The predicted molar refractivity (Wildman–Crippen MR) is 128 cm³/mol. The predicted octanol–water partition coefficient (Wildman–Crippen LogP) is 8.04. The van der Waals surface area contributed by atoms with E-state index in [0.717, 1.165) is 37.0 Å². The summed E-state index contributed by atoms with van der Waals surface area (Å²) in [6, 6.07) is 2.92. The van der Waals surface area contributed by atoms with Gasteiger partial charge in [-0.3, -0.25) is 4.79 Å². The second-order valence-corrected chi connectivity index (χ2v) is 10.8. The van der Waals surface area contributed by atoms with E-state index in [0.29, 0.717) is 24.7 Å². The molecule has 0 saturated heterocycles. The zero-order chi connectivity index (χ0) is 23.4. The topological polar surface area (TPSA) is 26.3 Å². The molecule has 3 fully saturated rings. The summed E-state index contributed by atoms with van der Waals surface area (Å²) in [4.78, 5) is 13.1. The molecule has 2 nitrogen and oxygen atoms in total. The maximum Gasteiger partial charge on any atom is 0.314 e. The maximum absolute atomic E-state index is 14.6. The SMILES string of the molecule is C=CCCc1ccc(OC(=O)C2CCCC3CC(C4CCC(CC)CC4)CCC32)c(F)c1F. The molecule has 0 radical (unpaired) electrons. The Morgan fingerprint density at radius 1 is 1.00 bits per heavy atom. The molecular formula is C29H40F2O2. The molecule has 1 aromatic rings. The zero-order valence-electron chi connectivity index (χ0n) is 20.2. The van der Waals surface area contributed by atoms with Crippen molar-refractivity contribution in [3.8, 4) is 5.75 Å². The van der Waals surface area contributed by atoms with Crippen LogP contribution in [-0.2, 0) is 11.2 Å². The van der Waals surface area contributed by atoms with Crippen molar-refractivity contribution < 1.29 is 18.3 Å². The van der Waals surface area contributed by atoms with Gasteiger partial charge in [0.25, 0.3) is 0 Å². The number of aryl methyl sites for hydroxylation is 1. The van der Waals surface area contributed by atoms with Crippen LogP contribution in [0.3, 0.4) is 0 Å². The Labute approximate surface area is 198 Å². The van der Waals surface area contributed by atoms with E-state index in [1.165, 1.54) is 63.5 Å². The summed E-state index contributed by atoms with van der Waals surface area (Å²) in [5.41, 5.74) is 0.288. The van der Waals surface area contributed by atoms with Crippen LogP contribution in [0.15, 0.2) is 24.8 Å². The molecule has 3 aliphatic rings. The second-order valence-electron chi connectivity index (χ2n) is 10.8. The number of hydrogen-bond donors (Lipinski definition) is 0. The standard InChI is InChI=1S/C29H40F2O2/c1-3-5-7-21-15-17-26(28(31)27(21)30)33-29(32)25-9-6-8-23-18-22(14-16-24(23)25)20-12-10-19(4-2)11-13-20/h3,15,17,19-20,22-25H,1,4-14,16,18H2,2H3. The van der Waals surface area contributed by atoms with Gasteiger partial charge in [0.1, 0.15) is 0 Å². The number of carbonyl (C=O) groups excluding carboxylic acids is 1. The van der Waals surface area contributed by atoms with Gasteiger partial charge in [-0.25, -0.2) is 4.39 Å². The molecule has 182 valence electrons. The largest absolute Gasteiger partial charge is 0.423 e. The summed E-state index contributed by atoms with van der Waals surface area (Å²) in [5.74, 6) is 0.677. The third-order valence-corrected chi connectivity index (χ3v) is 9.08. The van der Waals surface area contributed by atoms with Crippen molar-refractivity contribution in [2.24, 2.45) is 35.5 Å². The molecule has 3 aliphatic carbocycles. The smallest absolute Gasteiger partial charge is 0.314 e. The highest BCUT2D eigenvalue weighted by Crippen LogP contribution is 2.50. The van der Waals surface area contributed by atoms with E-state index < -0.39 is 11.6 Å². The highest BCUT2D eigenvalue weighted by atomic mass is 19.2. The van der Waals surface area contributed by atoms with Crippen molar-refractivity contribution >= 4 is 5.97 Å². The molecule has 1 aromatic carbocycles. The summed E-state index contributed by atoms with van der Waals surface area (Å²) in [6.45, 7) is 5.94. The van der Waals surface area contributed by atoms with Gasteiger partial charge >= 0.3 is 5.97 Å². The summed E-state index contributed by atoms with van der Waals surface area (Å²) in [6.07, 6.45) is 16.0. The van der Waals surface area contributed by atoms with Gasteiger partial charge in [-0.05, 0) is 92.6 Å². The van der Waals surface area contributed by atoms with Crippen LogP contribution in [0.2, 0.25) is 0 Å². The van der Waals surface area contributed by atoms with Gasteiger partial charge in [0, 0.05) is 0 Å². The Balaban J connectivity index is 1.37. The summed E-state index contributed by atoms with van der Waals surface area (Å²) in [7, 11) is 0. The maximum atomic E-state index is 14.6. The number of fused-ring (bicyclic) bond motifs is 1. The average Bonchev–Trinajstić information content (AvgIpc) is 2.85. The van der Waals surface area contributed by atoms with E-state index in [4.69, 9.17) is 4.74 Å². The lowest BCUT2D eigenvalue weighted by Crippen LogP contribution is -2.40. The quantitative estimate of drug-likeness (QED) is 0.235. The van der Waals surface area contributed by atoms with E-state index in [1.807, 2.05) is 0 Å². The van der Waals surface area contributed by atoms with Gasteiger partial charge in [0.15, 0.2) is 11.6 Å². The Kier molecular flexibility index (Phi) is 8.24. The number of halogens is 2. The molecule has 0 aliphatic heterocycles. The molecule has 0 bridgehead atoms. The number of carbonyl (C=O) groups is 1. The van der Waals surface area contributed by atoms with E-state index in [2.05, 4.69) is 13.5 Å². The summed E-state index contributed by atoms with van der Waals surface area (Å²) in [5, 5.41) is 0. The fraction of sp³-hybridized carbons (Fsp3) is 0.690. The Morgan fingerprint density at radius 2 is 1.76 bits per heavy atom. The number of rotatable bonds is 7. The highest BCUT2D eigenvalue weighted by molar-refractivity contribution is 5.75. The van der Waals surface area contributed by atoms with Crippen LogP contribution in [0.1, 0.15) is 89.5 Å². The molecule has 33 heavy (non-hydrogen) atoms. The molecule has 4 rings (SSSR count). The van der Waals surface area contributed by atoms with Crippen molar-refractivity contribution in [2.75, 3.05) is 0 Å². The van der Waals surface area contributed by atoms with Crippen LogP contribution in [0.5, 0.6) is 5.75 Å². The van der Waals surface area contributed by atoms with Crippen molar-refractivity contribution in [2.45, 2.75) is 90.4 Å². The first-order valence-corrected chi connectivity index (χ1v) is 13.3. The Morgan fingerprint density at radius 3 is 2.48 bits per heavy atom. The molecule has 4 heteroatoms. The van der Waals surface area contributed by atoms with Gasteiger partial charge in [-0.15, -0.1) is 6.58 Å². The van der Waals surface area contributed by atoms with Gasteiger partial charge in [0.05, 0.1) is 5.92 Å². The molecule has 4 unspecified atom stereocenters. The number of ether oxygens (including phenoxy) is 1. The van der Waals surface area contributed by atoms with Gasteiger partial charge in [0.2, 0.25) is 5.82 Å². The molecular weight excluding hydrogens is 418 g/mol. The number of hydrogen-bond acceptors (Lipinski definition) is 2. The van der Waals surface area contributed by atoms with Crippen LogP contribution < -0.4 is 4.74 Å². The number of allylic oxidation sites excluding steroid dienone is 1. The van der Waals surface area contributed by atoms with E-state index >= 15 is 0 Å². The molecule has 0 spiro atoms. The van der Waals surface area contributed by atoms with Crippen molar-refractivity contribution in [3.63, 3.8) is 0 Å². The Hall–Kier alpha value is -1.71. The van der Waals surface area contributed by atoms with Crippen molar-refractivity contribution in [1.82, 2.24) is 0 Å². The first-order chi connectivity index (χ1) is 16.0. The zero-order valence-corrected chi connectivity index (χ0v) is 20.2. The molecule has 4 atom stereocenters. The van der Waals surface area contributed by atoms with Crippen molar-refractivity contribution in [1.29, 1.82) is 0 Å². The van der Waals surface area contributed by atoms with Crippen LogP contribution in [0, 0.1) is 47.1 Å². The van der Waals surface area contributed by atoms with E-state index in [1.54, 1.807) is 6.08 Å². The minimum Gasteiger partial charge on any atom is -0.423 e. The lowest BCUT2D eigenvalue weighted by Gasteiger charge is -2.46. The number of benzene rings is 1. The molecule has 0 amide bonds. The first-order valence-electron chi connectivity index (χ1n) is 13.3. The minimum absolute atomic E-state index is 0.191. The van der Waals surface area contributed by atoms with Crippen LogP contribution in [0.4, 0.5) is 8.78 Å². The van der Waals surface area contributed by atoms with Gasteiger partial charge in [-0.2, -0.15) is 4.39 Å². The normalized spacial score (nSPS) is 32.1. The molecule has 0 N–H and O–H groups in total. The van der Waals surface area contributed by atoms with Crippen molar-refractivity contribution in [3.05, 3.63) is 42.0 Å². The summed E-state index contributed by atoms with van der Waals surface area (Å²) >= 11 is 0. The van der Waals surface area contributed by atoms with Gasteiger partial charge in [-0.1, -0.05) is 51.2 Å². The van der Waals surface area contributed by atoms with E-state index in [-0.39, 0.29) is 23.2 Å². The third kappa shape index (κ3) is 5.52. The molecule has 0 aromatic heterocycles. The second kappa shape index (κ2) is 11.1. The fourth-order valence-corrected chi connectivity index (χ4v) is 7.07. The Bertz CT molecular complexity index is 827. The first kappa shape index (κ1) is 24.4. The molecule has 3 saturated carbocycles. The minimum atomic E-state index is -1.05. The van der Waals surface area contributed by atoms with E-state index in [9.17, 15) is 13.6 Å². The average molecular weight is 459 g/mol. The lowest BCUT2D eigenvalue weighted by atomic mass is 9.59. The van der Waals surface area contributed by atoms with Gasteiger partial charge < -0.3 is 4.74 Å². The lowest BCUT2D eigenvalue weighted by molar-refractivity contribution is -0.144. The van der Waals surface area contributed by atoms with Crippen LogP contribution >= 0.6 is 0 Å². The summed E-state index contributed by atoms with van der Waals surface area (Å²) < 4.78 is 34.5. The van der Waals surface area contributed by atoms with Crippen LogP contribution in [-0.4, -0.2) is 5.97 Å². The monoisotopic (exact) mass is 458 g/mol. The third-order valence-electron chi connectivity index (χ3n) is 9.08. The fourth-order valence-electron chi connectivity index (χ4n) is 7.07. The molecule has 0 heterocycles.